The SMILES string of the molecule is CC1=C(O)[C@@]2(O)C(=O)C3=C(O)c4c(O)cc(C5CCCN5C)cc4CC3C[C@H]2CC1=O. The van der Waals surface area contributed by atoms with E-state index in [-0.39, 0.29) is 52.4 Å². The van der Waals surface area contributed by atoms with E-state index in [1.807, 2.05) is 13.1 Å². The maximum Gasteiger partial charge on any atom is 0.202 e. The molecule has 1 aliphatic heterocycles. The molecule has 164 valence electrons. The van der Waals surface area contributed by atoms with Gasteiger partial charge in [-0.2, -0.15) is 0 Å². The summed E-state index contributed by atoms with van der Waals surface area (Å²) in [7, 11) is 2.05. The lowest BCUT2D eigenvalue weighted by Gasteiger charge is -2.46. The summed E-state index contributed by atoms with van der Waals surface area (Å²) >= 11 is 0. The van der Waals surface area contributed by atoms with E-state index in [1.165, 1.54) is 6.92 Å². The second-order valence-corrected chi connectivity index (χ2v) is 9.51. The van der Waals surface area contributed by atoms with E-state index < -0.39 is 23.1 Å². The van der Waals surface area contributed by atoms with Gasteiger partial charge in [-0.3, -0.25) is 14.5 Å². The quantitative estimate of drug-likeness (QED) is 0.546. The van der Waals surface area contributed by atoms with Crippen molar-refractivity contribution in [1.82, 2.24) is 4.90 Å². The fourth-order valence-electron chi connectivity index (χ4n) is 6.09. The first-order chi connectivity index (χ1) is 14.6. The molecule has 7 nitrogen and oxygen atoms in total. The van der Waals surface area contributed by atoms with Gasteiger partial charge in [0.05, 0.1) is 5.56 Å². The van der Waals surface area contributed by atoms with Gasteiger partial charge in [-0.15, -0.1) is 0 Å². The van der Waals surface area contributed by atoms with Crippen LogP contribution in [0.2, 0.25) is 0 Å². The Balaban J connectivity index is 1.63. The number of carbonyl (C=O) groups excluding carboxylic acids is 2. The fraction of sp³-hybridized carbons (Fsp3) is 0.500. The highest BCUT2D eigenvalue weighted by Gasteiger charge is 2.59. The molecule has 1 aromatic rings. The topological polar surface area (TPSA) is 118 Å². The van der Waals surface area contributed by atoms with Crippen molar-refractivity contribution < 1.29 is 30.0 Å². The minimum absolute atomic E-state index is 0.0185. The number of hydrogen-bond donors (Lipinski definition) is 4. The summed E-state index contributed by atoms with van der Waals surface area (Å²) in [5.41, 5.74) is -0.237. The van der Waals surface area contributed by atoms with Crippen LogP contribution in [0.4, 0.5) is 0 Å². The van der Waals surface area contributed by atoms with Gasteiger partial charge >= 0.3 is 0 Å². The third kappa shape index (κ3) is 2.66. The molecule has 0 aromatic heterocycles. The van der Waals surface area contributed by atoms with E-state index in [1.54, 1.807) is 6.07 Å². The van der Waals surface area contributed by atoms with Crippen molar-refractivity contribution in [3.8, 4) is 5.75 Å². The van der Waals surface area contributed by atoms with Crippen LogP contribution >= 0.6 is 0 Å². The molecule has 0 radical (unpaired) electrons. The van der Waals surface area contributed by atoms with E-state index >= 15 is 0 Å². The van der Waals surface area contributed by atoms with Crippen molar-refractivity contribution in [2.24, 2.45) is 11.8 Å². The first-order valence-electron chi connectivity index (χ1n) is 10.8. The molecule has 1 aromatic carbocycles. The number of phenolic OH excluding ortho intramolecular Hbond substituents is 1. The summed E-state index contributed by atoms with van der Waals surface area (Å²) in [6.07, 6.45) is 2.76. The zero-order valence-electron chi connectivity index (χ0n) is 17.7. The molecule has 5 rings (SSSR count). The largest absolute Gasteiger partial charge is 0.508 e. The molecule has 3 aliphatic carbocycles. The van der Waals surface area contributed by atoms with Crippen LogP contribution in [-0.2, 0) is 16.0 Å². The van der Waals surface area contributed by atoms with Crippen molar-refractivity contribution in [2.45, 2.75) is 50.7 Å². The van der Waals surface area contributed by atoms with E-state index in [0.29, 0.717) is 12.8 Å². The second-order valence-electron chi connectivity index (χ2n) is 9.51. The van der Waals surface area contributed by atoms with E-state index in [9.17, 15) is 30.0 Å². The maximum atomic E-state index is 13.4. The standard InChI is InChI=1S/C24H27NO6/c1-11-17(26)10-15-8-14-7-13-6-12(16-4-3-5-25(16)2)9-18(27)19(13)21(28)20(14)23(30)24(15,31)22(11)29/h6,9,14-16,27-29,31H,3-5,7-8,10H2,1-2H3/t14?,15-,16?,24+/m0/s1. The molecular formula is C24H27NO6. The van der Waals surface area contributed by atoms with Crippen LogP contribution in [0.15, 0.2) is 29.0 Å². The highest BCUT2D eigenvalue weighted by Crippen LogP contribution is 2.52. The molecule has 7 heteroatoms. The Morgan fingerprint density at radius 3 is 2.55 bits per heavy atom. The number of nitrogens with zero attached hydrogens (tertiary/aromatic N) is 1. The van der Waals surface area contributed by atoms with Gasteiger partial charge in [-0.05, 0) is 69.3 Å². The fourth-order valence-corrected chi connectivity index (χ4v) is 6.09. The Morgan fingerprint density at radius 1 is 1.13 bits per heavy atom. The number of benzene rings is 1. The molecule has 1 saturated heterocycles. The van der Waals surface area contributed by atoms with Gasteiger partial charge in [-0.1, -0.05) is 6.07 Å². The minimum atomic E-state index is -2.21. The van der Waals surface area contributed by atoms with Crippen LogP contribution in [-0.4, -0.2) is 56.1 Å². The number of hydrogen-bond acceptors (Lipinski definition) is 7. The summed E-state index contributed by atoms with van der Waals surface area (Å²) in [5, 5.41) is 43.5. The smallest absolute Gasteiger partial charge is 0.202 e. The number of ketones is 2. The highest BCUT2D eigenvalue weighted by molar-refractivity contribution is 6.13. The average molecular weight is 425 g/mol. The lowest BCUT2D eigenvalue weighted by Crippen LogP contribution is -2.57. The van der Waals surface area contributed by atoms with Crippen LogP contribution in [0, 0.1) is 11.8 Å². The van der Waals surface area contributed by atoms with Gasteiger partial charge in [0.2, 0.25) is 5.78 Å². The number of likely N-dealkylation sites (tertiary alicyclic amines) is 1. The molecule has 31 heavy (non-hydrogen) atoms. The number of Topliss-reactive ketones (excluding diaryl/α,β-unsaturated/α-hetero) is 2. The summed E-state index contributed by atoms with van der Waals surface area (Å²) in [5.74, 6) is -3.23. The van der Waals surface area contributed by atoms with Crippen LogP contribution in [0.5, 0.6) is 5.75 Å². The third-order valence-electron chi connectivity index (χ3n) is 7.81. The first kappa shape index (κ1) is 20.3. The Kier molecular flexibility index (Phi) is 4.37. The second kappa shape index (κ2) is 6.68. The van der Waals surface area contributed by atoms with Gasteiger partial charge in [0.1, 0.15) is 17.3 Å². The van der Waals surface area contributed by atoms with Crippen molar-refractivity contribution >= 4 is 17.3 Å². The summed E-state index contributed by atoms with van der Waals surface area (Å²) in [4.78, 5) is 27.9. The van der Waals surface area contributed by atoms with Crippen LogP contribution in [0.3, 0.4) is 0 Å². The molecular weight excluding hydrogens is 398 g/mol. The molecule has 0 bridgehead atoms. The van der Waals surface area contributed by atoms with Crippen molar-refractivity contribution in [1.29, 1.82) is 0 Å². The molecule has 4 N–H and O–H groups in total. The van der Waals surface area contributed by atoms with Gasteiger partial charge < -0.3 is 20.4 Å². The number of allylic oxidation sites excluding steroid dienone is 1. The molecule has 2 unspecified atom stereocenters. The molecule has 4 atom stereocenters. The lowest BCUT2D eigenvalue weighted by molar-refractivity contribution is -0.147. The van der Waals surface area contributed by atoms with E-state index in [4.69, 9.17) is 0 Å². The predicted octanol–water partition coefficient (Wildman–Crippen LogP) is 2.73. The lowest BCUT2D eigenvalue weighted by atomic mass is 9.59. The molecule has 1 saturated carbocycles. The molecule has 1 heterocycles. The zero-order chi connectivity index (χ0) is 22.2. The number of fused-ring (bicyclic) bond motifs is 3. The number of phenols is 1. The number of aromatic hydroxyl groups is 1. The summed E-state index contributed by atoms with van der Waals surface area (Å²) in [6.45, 7) is 2.38. The van der Waals surface area contributed by atoms with Crippen molar-refractivity contribution in [3.05, 3.63) is 45.7 Å². The number of aliphatic hydroxyl groups excluding tert-OH is 2. The van der Waals surface area contributed by atoms with Crippen molar-refractivity contribution in [2.75, 3.05) is 13.6 Å². The minimum Gasteiger partial charge on any atom is -0.508 e. The molecule has 2 fully saturated rings. The normalized spacial score (nSPS) is 33.5. The van der Waals surface area contributed by atoms with Gasteiger partial charge in [0, 0.05) is 29.5 Å². The summed E-state index contributed by atoms with van der Waals surface area (Å²) < 4.78 is 0. The summed E-state index contributed by atoms with van der Waals surface area (Å²) in [6, 6.07) is 3.84. The zero-order valence-corrected chi connectivity index (χ0v) is 17.7. The number of carbonyl (C=O) groups is 2. The van der Waals surface area contributed by atoms with Gasteiger partial charge in [0.15, 0.2) is 11.4 Å². The van der Waals surface area contributed by atoms with E-state index in [2.05, 4.69) is 4.90 Å². The molecule has 0 amide bonds. The Labute approximate surface area is 180 Å². The average Bonchev–Trinajstić information content (AvgIpc) is 3.14. The Hall–Kier alpha value is -2.64. The predicted molar refractivity (Wildman–Crippen MR) is 112 cm³/mol. The van der Waals surface area contributed by atoms with Crippen molar-refractivity contribution in [3.63, 3.8) is 0 Å². The highest BCUT2D eigenvalue weighted by atomic mass is 16.3. The molecule has 4 aliphatic rings. The number of rotatable bonds is 1. The maximum absolute atomic E-state index is 13.4. The van der Waals surface area contributed by atoms with Crippen LogP contribution < -0.4 is 0 Å². The van der Waals surface area contributed by atoms with Crippen LogP contribution in [0.1, 0.15) is 55.3 Å². The van der Waals surface area contributed by atoms with Gasteiger partial charge in [0.25, 0.3) is 0 Å². The van der Waals surface area contributed by atoms with Gasteiger partial charge in [-0.25, -0.2) is 0 Å². The van der Waals surface area contributed by atoms with Crippen LogP contribution in [0.25, 0.3) is 5.76 Å². The Morgan fingerprint density at radius 2 is 1.87 bits per heavy atom. The number of aliphatic hydroxyl groups is 3. The molecule has 0 spiro atoms. The third-order valence-corrected chi connectivity index (χ3v) is 7.81. The first-order valence-corrected chi connectivity index (χ1v) is 10.8. The van der Waals surface area contributed by atoms with E-state index in [0.717, 1.165) is 30.5 Å². The Bertz CT molecular complexity index is 1090. The monoisotopic (exact) mass is 425 g/mol.